The average molecular weight is 415 g/mol. The fourth-order valence-electron chi connectivity index (χ4n) is 3.59. The number of Topliss-reactive ketones (excluding diaryl/α,β-unsaturated/α-hetero) is 2. The maximum atomic E-state index is 13.8. The number of carbonyl (C=O) groups excluding carboxylic acids is 3. The van der Waals surface area contributed by atoms with Gasteiger partial charge in [0.05, 0.1) is 6.10 Å². The van der Waals surface area contributed by atoms with Gasteiger partial charge < -0.3 is 4.74 Å². The van der Waals surface area contributed by atoms with Gasteiger partial charge in [0.2, 0.25) is 5.78 Å². The van der Waals surface area contributed by atoms with Crippen LogP contribution >= 0.6 is 0 Å². The van der Waals surface area contributed by atoms with Crippen LogP contribution in [0.2, 0.25) is 0 Å². The fraction of sp³-hybridized carbons (Fsp3) is 0.783. The molecule has 1 aliphatic carbocycles. The first-order chi connectivity index (χ1) is 13.7. The van der Waals surface area contributed by atoms with E-state index in [1.165, 1.54) is 0 Å². The van der Waals surface area contributed by atoms with Gasteiger partial charge in [-0.2, -0.15) is 8.78 Å². The van der Waals surface area contributed by atoms with Gasteiger partial charge in [-0.25, -0.2) is 0 Å². The molecule has 4 nitrogen and oxygen atoms in total. The Hall–Kier alpha value is -1.59. The predicted molar refractivity (Wildman–Crippen MR) is 109 cm³/mol. The molecule has 0 amide bonds. The SMILES string of the molecule is CCCCC(F)(F)C(=O)CCC1=C(CCCCCCC(=O)OC(C)C)C(=O)CC1. The number of ketones is 2. The van der Waals surface area contributed by atoms with E-state index in [2.05, 4.69) is 0 Å². The van der Waals surface area contributed by atoms with Gasteiger partial charge >= 0.3 is 11.9 Å². The Morgan fingerprint density at radius 1 is 1.00 bits per heavy atom. The zero-order valence-electron chi connectivity index (χ0n) is 18.2. The number of esters is 1. The van der Waals surface area contributed by atoms with Crippen molar-refractivity contribution in [3.63, 3.8) is 0 Å². The molecule has 0 saturated heterocycles. The average Bonchev–Trinajstić information content (AvgIpc) is 3.00. The minimum absolute atomic E-state index is 0.0886. The third kappa shape index (κ3) is 9.64. The molecule has 0 bridgehead atoms. The Labute approximate surface area is 173 Å². The first-order valence-corrected chi connectivity index (χ1v) is 11.0. The van der Waals surface area contributed by atoms with Crippen LogP contribution in [0.15, 0.2) is 11.1 Å². The quantitative estimate of drug-likeness (QED) is 0.239. The van der Waals surface area contributed by atoms with Gasteiger partial charge in [0.25, 0.3) is 0 Å². The van der Waals surface area contributed by atoms with Crippen LogP contribution in [-0.4, -0.2) is 29.6 Å². The maximum Gasteiger partial charge on any atom is 0.306 e. The van der Waals surface area contributed by atoms with Crippen LogP contribution in [0.25, 0.3) is 0 Å². The molecule has 0 atom stereocenters. The Kier molecular flexibility index (Phi) is 11.3. The molecule has 166 valence electrons. The van der Waals surface area contributed by atoms with Crippen molar-refractivity contribution in [1.82, 2.24) is 0 Å². The zero-order chi connectivity index (χ0) is 21.9. The highest BCUT2D eigenvalue weighted by Gasteiger charge is 2.37. The molecule has 1 aliphatic rings. The summed E-state index contributed by atoms with van der Waals surface area (Å²) >= 11 is 0. The summed E-state index contributed by atoms with van der Waals surface area (Å²) in [4.78, 5) is 35.5. The number of halogens is 2. The van der Waals surface area contributed by atoms with E-state index < -0.39 is 18.1 Å². The lowest BCUT2D eigenvalue weighted by atomic mass is 9.96. The van der Waals surface area contributed by atoms with Crippen molar-refractivity contribution in [2.24, 2.45) is 0 Å². The standard InChI is InChI=1S/C23H36F2O4/c1-4-5-16-23(24,25)21(27)15-13-18-12-14-20(26)19(18)10-8-6-7-9-11-22(28)29-17(2)3/h17H,4-16H2,1-3H3. The van der Waals surface area contributed by atoms with Crippen LogP contribution in [0.1, 0.15) is 104 Å². The highest BCUT2D eigenvalue weighted by molar-refractivity contribution is 5.98. The Morgan fingerprint density at radius 2 is 1.69 bits per heavy atom. The molecule has 0 N–H and O–H groups in total. The number of carbonyl (C=O) groups is 3. The summed E-state index contributed by atoms with van der Waals surface area (Å²) < 4.78 is 32.8. The molecule has 0 fully saturated rings. The van der Waals surface area contributed by atoms with Crippen LogP contribution in [0.5, 0.6) is 0 Å². The summed E-state index contributed by atoms with van der Waals surface area (Å²) in [5, 5.41) is 0. The largest absolute Gasteiger partial charge is 0.463 e. The molecule has 1 rings (SSSR count). The van der Waals surface area contributed by atoms with Gasteiger partial charge in [0.15, 0.2) is 5.78 Å². The highest BCUT2D eigenvalue weighted by Crippen LogP contribution is 2.32. The third-order valence-corrected chi connectivity index (χ3v) is 5.25. The van der Waals surface area contributed by atoms with Gasteiger partial charge in [-0.1, -0.05) is 31.8 Å². The lowest BCUT2D eigenvalue weighted by molar-refractivity contribution is -0.147. The molecule has 0 unspecified atom stereocenters. The monoisotopic (exact) mass is 414 g/mol. The predicted octanol–water partition coefficient (Wildman–Crippen LogP) is 6.11. The molecule has 0 aliphatic heterocycles. The van der Waals surface area contributed by atoms with Crippen molar-refractivity contribution in [1.29, 1.82) is 0 Å². The Bertz CT molecular complexity index is 594. The van der Waals surface area contributed by atoms with E-state index in [4.69, 9.17) is 4.74 Å². The maximum absolute atomic E-state index is 13.8. The second-order valence-corrected chi connectivity index (χ2v) is 8.19. The normalized spacial score (nSPS) is 14.8. The minimum atomic E-state index is -3.25. The fourth-order valence-corrected chi connectivity index (χ4v) is 3.59. The molecule has 0 heterocycles. The van der Waals surface area contributed by atoms with Crippen LogP contribution in [0.4, 0.5) is 8.78 Å². The van der Waals surface area contributed by atoms with E-state index in [1.54, 1.807) is 0 Å². The van der Waals surface area contributed by atoms with E-state index in [1.807, 2.05) is 20.8 Å². The lowest BCUT2D eigenvalue weighted by Gasteiger charge is -2.15. The third-order valence-electron chi connectivity index (χ3n) is 5.25. The van der Waals surface area contributed by atoms with Crippen molar-refractivity contribution >= 4 is 17.5 Å². The van der Waals surface area contributed by atoms with E-state index in [9.17, 15) is 23.2 Å². The van der Waals surface area contributed by atoms with Gasteiger partial charge in [0, 0.05) is 25.7 Å². The second kappa shape index (κ2) is 12.9. The molecule has 0 aromatic rings. The van der Waals surface area contributed by atoms with Crippen LogP contribution in [-0.2, 0) is 19.1 Å². The number of hydrogen-bond donors (Lipinski definition) is 0. The molecular weight excluding hydrogens is 378 g/mol. The number of allylic oxidation sites excluding steroid dienone is 2. The molecule has 0 spiro atoms. The first kappa shape index (κ1) is 25.4. The summed E-state index contributed by atoms with van der Waals surface area (Å²) in [6.07, 6.45) is 5.95. The number of unbranched alkanes of at least 4 members (excludes halogenated alkanes) is 4. The number of alkyl halides is 2. The zero-order valence-corrected chi connectivity index (χ0v) is 18.2. The lowest BCUT2D eigenvalue weighted by Crippen LogP contribution is -2.28. The number of hydrogen-bond acceptors (Lipinski definition) is 4. The van der Waals surface area contributed by atoms with Gasteiger partial charge in [-0.15, -0.1) is 0 Å². The molecule has 6 heteroatoms. The smallest absolute Gasteiger partial charge is 0.306 e. The first-order valence-electron chi connectivity index (χ1n) is 11.0. The van der Waals surface area contributed by atoms with Crippen molar-refractivity contribution < 1.29 is 27.9 Å². The summed E-state index contributed by atoms with van der Waals surface area (Å²) in [5.41, 5.74) is 1.63. The Morgan fingerprint density at radius 3 is 2.34 bits per heavy atom. The van der Waals surface area contributed by atoms with E-state index >= 15 is 0 Å². The topological polar surface area (TPSA) is 60.4 Å². The van der Waals surface area contributed by atoms with Crippen LogP contribution < -0.4 is 0 Å². The second-order valence-electron chi connectivity index (χ2n) is 8.19. The summed E-state index contributed by atoms with van der Waals surface area (Å²) in [7, 11) is 0. The van der Waals surface area contributed by atoms with E-state index in [0.717, 1.165) is 36.8 Å². The summed E-state index contributed by atoms with van der Waals surface area (Å²) in [6, 6.07) is 0. The van der Waals surface area contributed by atoms with Crippen molar-refractivity contribution in [3.8, 4) is 0 Å². The summed E-state index contributed by atoms with van der Waals surface area (Å²) in [5.74, 6) is -4.36. The molecule has 0 radical (unpaired) electrons. The molecular formula is C23H36F2O4. The minimum Gasteiger partial charge on any atom is -0.463 e. The molecule has 0 aromatic heterocycles. The van der Waals surface area contributed by atoms with Gasteiger partial charge in [-0.05, 0) is 57.9 Å². The van der Waals surface area contributed by atoms with Crippen molar-refractivity contribution in [3.05, 3.63) is 11.1 Å². The van der Waals surface area contributed by atoms with Crippen LogP contribution in [0.3, 0.4) is 0 Å². The van der Waals surface area contributed by atoms with Gasteiger partial charge in [0.1, 0.15) is 0 Å². The Balaban J connectivity index is 2.38. The van der Waals surface area contributed by atoms with Crippen LogP contribution in [0, 0.1) is 0 Å². The van der Waals surface area contributed by atoms with Crippen molar-refractivity contribution in [2.45, 2.75) is 116 Å². The number of ether oxygens (including phenoxy) is 1. The van der Waals surface area contributed by atoms with Crippen molar-refractivity contribution in [2.75, 3.05) is 0 Å². The summed E-state index contributed by atoms with van der Waals surface area (Å²) in [6.45, 7) is 5.46. The molecule has 29 heavy (non-hydrogen) atoms. The molecule has 0 saturated carbocycles. The van der Waals surface area contributed by atoms with E-state index in [-0.39, 0.29) is 30.7 Å². The number of rotatable bonds is 15. The molecule has 0 aromatic carbocycles. The van der Waals surface area contributed by atoms with E-state index in [0.29, 0.717) is 38.5 Å². The van der Waals surface area contributed by atoms with Gasteiger partial charge in [-0.3, -0.25) is 14.4 Å². The highest BCUT2D eigenvalue weighted by atomic mass is 19.3.